The van der Waals surface area contributed by atoms with Gasteiger partial charge in [0.1, 0.15) is 24.2 Å². The predicted octanol–water partition coefficient (Wildman–Crippen LogP) is 4.20. The number of nitrogens with two attached hydrogens (primary N) is 3. The molecule has 0 spiro atoms. The quantitative estimate of drug-likeness (QED) is 0.0265. The summed E-state index contributed by atoms with van der Waals surface area (Å²) in [7, 11) is 0. The summed E-state index contributed by atoms with van der Waals surface area (Å²) in [4.78, 5) is 82.2. The van der Waals surface area contributed by atoms with E-state index in [9.17, 15) is 28.8 Å². The van der Waals surface area contributed by atoms with Crippen molar-refractivity contribution in [2.24, 2.45) is 39.9 Å². The molecule has 6 amide bonds. The molecule has 57 heavy (non-hydrogen) atoms. The highest BCUT2D eigenvalue weighted by Crippen LogP contribution is 2.14. The molecule has 0 rings (SSSR count). The highest BCUT2D eigenvalue weighted by molar-refractivity contribution is 5.95. The highest BCUT2D eigenvalue weighted by atomic mass is 16.2. The Bertz CT molecular complexity index is 1210. The number of carbonyl (C=O) groups excluding carboxylic acids is 6. The summed E-state index contributed by atoms with van der Waals surface area (Å²) in [5.41, 5.74) is 16.3. The number of rotatable bonds is 34. The smallest absolute Gasteiger partial charge is 0.243 e. The molecule has 0 aliphatic carbocycles. The van der Waals surface area contributed by atoms with Crippen molar-refractivity contribution in [3.05, 3.63) is 0 Å². The van der Waals surface area contributed by atoms with Crippen molar-refractivity contribution < 1.29 is 28.8 Å². The average molecular weight is 808 g/mol. The molecule has 330 valence electrons. The van der Waals surface area contributed by atoms with Crippen molar-refractivity contribution in [1.82, 2.24) is 26.6 Å². The van der Waals surface area contributed by atoms with Gasteiger partial charge in [-0.15, -0.1) is 0 Å². The molecule has 5 atom stereocenters. The van der Waals surface area contributed by atoms with Crippen LogP contribution in [0.25, 0.3) is 0 Å². The van der Waals surface area contributed by atoms with Crippen molar-refractivity contribution in [3.8, 4) is 0 Å². The Kier molecular flexibility index (Phi) is 29.9. The average Bonchev–Trinajstić information content (AvgIpc) is 3.14. The summed E-state index contributed by atoms with van der Waals surface area (Å²) < 4.78 is 0. The maximum absolute atomic E-state index is 13.6. The number of hydrogen-bond acceptors (Lipinski definition) is 7. The molecule has 15 nitrogen and oxygen atoms in total. The molecule has 0 aromatic heterocycles. The molecule has 0 unspecified atom stereocenters. The first-order chi connectivity index (χ1) is 27.0. The van der Waals surface area contributed by atoms with Gasteiger partial charge in [-0.3, -0.25) is 33.8 Å². The minimum absolute atomic E-state index is 0.0673. The highest BCUT2D eigenvalue weighted by Gasteiger charge is 2.31. The minimum Gasteiger partial charge on any atom is -0.370 e. The first kappa shape index (κ1) is 53.1. The number of carbonyl (C=O) groups is 6. The van der Waals surface area contributed by atoms with Crippen molar-refractivity contribution >= 4 is 41.4 Å². The summed E-state index contributed by atoms with van der Waals surface area (Å²) in [5, 5.41) is 13.6. The van der Waals surface area contributed by atoms with Crippen molar-refractivity contribution in [2.45, 2.75) is 195 Å². The Balaban J connectivity index is 5.24. The lowest BCUT2D eigenvalue weighted by Gasteiger charge is -2.27. The molecule has 0 fully saturated rings. The van der Waals surface area contributed by atoms with E-state index in [0.717, 1.165) is 19.3 Å². The Morgan fingerprint density at radius 3 is 1.53 bits per heavy atom. The molecule has 15 heteroatoms. The third kappa shape index (κ3) is 27.4. The Morgan fingerprint density at radius 2 is 1.04 bits per heavy atom. The van der Waals surface area contributed by atoms with E-state index in [1.165, 1.54) is 64.2 Å². The van der Waals surface area contributed by atoms with Gasteiger partial charge in [-0.05, 0) is 49.9 Å². The number of nitrogens with one attached hydrogen (secondary N) is 5. The van der Waals surface area contributed by atoms with Crippen LogP contribution in [0.5, 0.6) is 0 Å². The van der Waals surface area contributed by atoms with Gasteiger partial charge in [-0.1, -0.05) is 132 Å². The Morgan fingerprint density at radius 1 is 0.544 bits per heavy atom. The monoisotopic (exact) mass is 808 g/mol. The molecule has 0 heterocycles. The molecule has 0 aromatic rings. The van der Waals surface area contributed by atoms with E-state index in [4.69, 9.17) is 17.2 Å². The third-order valence-electron chi connectivity index (χ3n) is 10.0. The van der Waals surface area contributed by atoms with Crippen molar-refractivity contribution in [3.63, 3.8) is 0 Å². The zero-order valence-corrected chi connectivity index (χ0v) is 36.5. The standard InChI is InChI=1S/C42H81N9O6/c1-8-10-11-12-13-14-15-16-17-18-19-20-21-24-35(52)49-34(27-30(5)6)40(56)51-37(31(7)9-2)41(57)47-28-36(53)48-32(23-22-25-46-42(44)45)39(55)50-33(38(43)54)26-29(3)4/h29-34,37H,8-28H2,1-7H3,(H2,43,54)(H,47,57)(H,48,53)(H,49,52)(H,50,55)(H,51,56)(H4,44,45,46)/t31-,32-,33-,34-,37-/m0/s1. The SMILES string of the molecule is CCCCCCCCCCCCCCCC(=O)N[C@@H](CC(C)C)C(=O)N[C@H](C(=O)NCC(=O)N[C@@H](CCCN=C(N)N)C(=O)N[C@@H](CC(C)C)C(N)=O)[C@@H](C)CC. The summed E-state index contributed by atoms with van der Waals surface area (Å²) in [6.07, 6.45) is 17.8. The normalized spacial score (nSPS) is 13.8. The molecule has 0 aromatic carbocycles. The van der Waals surface area contributed by atoms with Crippen molar-refractivity contribution in [1.29, 1.82) is 0 Å². The van der Waals surface area contributed by atoms with Gasteiger partial charge in [0, 0.05) is 13.0 Å². The second-order valence-electron chi connectivity index (χ2n) is 16.5. The molecule has 0 saturated carbocycles. The summed E-state index contributed by atoms with van der Waals surface area (Å²) in [6.45, 7) is 13.4. The lowest BCUT2D eigenvalue weighted by Crippen LogP contribution is -2.57. The maximum atomic E-state index is 13.6. The lowest BCUT2D eigenvalue weighted by molar-refractivity contribution is -0.134. The number of amides is 6. The number of unbranched alkanes of at least 4 members (excludes halogenated alkanes) is 12. The van der Waals surface area contributed by atoms with Gasteiger partial charge >= 0.3 is 0 Å². The fraction of sp³-hybridized carbons (Fsp3) is 0.833. The van der Waals surface area contributed by atoms with Crippen LogP contribution in [0.1, 0.15) is 170 Å². The summed E-state index contributed by atoms with van der Waals surface area (Å²) in [6, 6.07) is -3.80. The fourth-order valence-corrected chi connectivity index (χ4v) is 6.51. The van der Waals surface area contributed by atoms with Gasteiger partial charge in [-0.2, -0.15) is 0 Å². The molecule has 11 N–H and O–H groups in total. The Labute approximate surface area is 343 Å². The minimum atomic E-state index is -1.07. The van der Waals surface area contributed by atoms with E-state index in [0.29, 0.717) is 32.1 Å². The Hall–Kier alpha value is -3.91. The lowest BCUT2D eigenvalue weighted by atomic mass is 9.96. The van der Waals surface area contributed by atoms with Crippen LogP contribution in [0.4, 0.5) is 0 Å². The van der Waals surface area contributed by atoms with Gasteiger partial charge in [0.15, 0.2) is 5.96 Å². The van der Waals surface area contributed by atoms with Crippen molar-refractivity contribution in [2.75, 3.05) is 13.1 Å². The predicted molar refractivity (Wildman–Crippen MR) is 229 cm³/mol. The van der Waals surface area contributed by atoms with E-state index in [1.54, 1.807) is 0 Å². The first-order valence-electron chi connectivity index (χ1n) is 21.8. The molecule has 0 bridgehead atoms. The van der Waals surface area contributed by atoms with Gasteiger partial charge in [0.25, 0.3) is 0 Å². The number of hydrogen-bond donors (Lipinski definition) is 8. The second kappa shape index (κ2) is 32.1. The van der Waals surface area contributed by atoms with Gasteiger partial charge in [0.2, 0.25) is 35.4 Å². The van der Waals surface area contributed by atoms with E-state index in [1.807, 2.05) is 41.5 Å². The maximum Gasteiger partial charge on any atom is 0.243 e. The third-order valence-corrected chi connectivity index (χ3v) is 10.0. The zero-order valence-electron chi connectivity index (χ0n) is 36.5. The van der Waals surface area contributed by atoms with Crippen LogP contribution in [0.2, 0.25) is 0 Å². The molecule has 0 aliphatic heterocycles. The van der Waals surface area contributed by atoms with Crippen LogP contribution in [-0.4, -0.2) is 78.7 Å². The van der Waals surface area contributed by atoms with Crippen LogP contribution < -0.4 is 43.8 Å². The number of primary amides is 1. The fourth-order valence-electron chi connectivity index (χ4n) is 6.51. The number of aliphatic imine (C=N–C) groups is 1. The van der Waals surface area contributed by atoms with E-state index < -0.39 is 60.2 Å². The topological polar surface area (TPSA) is 253 Å². The van der Waals surface area contributed by atoms with Crippen LogP contribution in [0, 0.1) is 17.8 Å². The second-order valence-corrected chi connectivity index (χ2v) is 16.5. The van der Waals surface area contributed by atoms with E-state index in [-0.39, 0.29) is 42.6 Å². The summed E-state index contributed by atoms with van der Waals surface area (Å²) >= 11 is 0. The van der Waals surface area contributed by atoms with E-state index >= 15 is 0 Å². The van der Waals surface area contributed by atoms with Gasteiger partial charge in [0.05, 0.1) is 6.54 Å². The first-order valence-corrected chi connectivity index (χ1v) is 21.8. The zero-order chi connectivity index (χ0) is 43.2. The van der Waals surface area contributed by atoms with Crippen LogP contribution >= 0.6 is 0 Å². The van der Waals surface area contributed by atoms with Crippen LogP contribution in [0.3, 0.4) is 0 Å². The number of guanidine groups is 1. The molecule has 0 aliphatic rings. The van der Waals surface area contributed by atoms with E-state index in [2.05, 4.69) is 38.5 Å². The van der Waals surface area contributed by atoms with Crippen LogP contribution in [-0.2, 0) is 28.8 Å². The molecule has 0 saturated heterocycles. The molecular weight excluding hydrogens is 727 g/mol. The number of nitrogens with zero attached hydrogens (tertiary/aromatic N) is 1. The van der Waals surface area contributed by atoms with Gasteiger partial charge in [-0.25, -0.2) is 0 Å². The molecule has 0 radical (unpaired) electrons. The largest absolute Gasteiger partial charge is 0.370 e. The summed E-state index contributed by atoms with van der Waals surface area (Å²) in [5.74, 6) is -3.43. The van der Waals surface area contributed by atoms with Crippen LogP contribution in [0.15, 0.2) is 4.99 Å². The van der Waals surface area contributed by atoms with Gasteiger partial charge < -0.3 is 43.8 Å². The molecular formula is C42H81N9O6.